The molecule has 0 amide bonds. The third-order valence-electron chi connectivity index (χ3n) is 3.69. The molecule has 25 heavy (non-hydrogen) atoms. The Morgan fingerprint density at radius 3 is 2.64 bits per heavy atom. The normalized spacial score (nSPS) is 10.2. The molecule has 0 saturated heterocycles. The summed E-state index contributed by atoms with van der Waals surface area (Å²) in [5.41, 5.74) is 1.64. The van der Waals surface area contributed by atoms with E-state index in [1.165, 1.54) is 25.3 Å². The fourth-order valence-corrected chi connectivity index (χ4v) is 2.37. The molecule has 0 aliphatic carbocycles. The van der Waals surface area contributed by atoms with E-state index in [9.17, 15) is 14.9 Å². The van der Waals surface area contributed by atoms with Gasteiger partial charge in [0.15, 0.2) is 0 Å². The molecule has 0 saturated carbocycles. The van der Waals surface area contributed by atoms with Crippen molar-refractivity contribution >= 4 is 17.3 Å². The van der Waals surface area contributed by atoms with E-state index in [1.807, 2.05) is 31.2 Å². The van der Waals surface area contributed by atoms with Crippen molar-refractivity contribution in [3.05, 3.63) is 63.7 Å². The van der Waals surface area contributed by atoms with Crippen molar-refractivity contribution in [1.29, 1.82) is 0 Å². The van der Waals surface area contributed by atoms with Crippen LogP contribution < -0.4 is 9.64 Å². The Hall–Kier alpha value is -3.09. The second-order valence-electron chi connectivity index (χ2n) is 5.54. The van der Waals surface area contributed by atoms with Gasteiger partial charge in [0, 0.05) is 19.2 Å². The molecular weight excluding hydrogens is 324 g/mol. The minimum Gasteiger partial charge on any atom is -0.492 e. The van der Waals surface area contributed by atoms with Crippen molar-refractivity contribution in [2.45, 2.75) is 6.92 Å². The standard InChI is InChI=1S/C18H20N2O5/c1-13-5-4-6-15(11-13)25-10-9-19(2)17-8-7-14(20(22)23)12-16(17)18(21)24-3/h4-8,11-12H,9-10H2,1-3H3. The molecular formula is C18H20N2O5. The van der Waals surface area contributed by atoms with Gasteiger partial charge in [0.2, 0.25) is 0 Å². The van der Waals surface area contributed by atoms with Crippen LogP contribution in [0.15, 0.2) is 42.5 Å². The quantitative estimate of drug-likeness (QED) is 0.436. The first-order valence-electron chi connectivity index (χ1n) is 7.69. The molecule has 7 nitrogen and oxygen atoms in total. The number of nitrogens with zero attached hydrogens (tertiary/aromatic N) is 2. The summed E-state index contributed by atoms with van der Waals surface area (Å²) in [5.74, 6) is 0.149. The molecule has 0 fully saturated rings. The van der Waals surface area contributed by atoms with E-state index in [1.54, 1.807) is 11.9 Å². The van der Waals surface area contributed by atoms with Gasteiger partial charge in [-0.25, -0.2) is 4.79 Å². The zero-order chi connectivity index (χ0) is 18.4. The highest BCUT2D eigenvalue weighted by atomic mass is 16.6. The molecule has 0 spiro atoms. The molecule has 0 radical (unpaired) electrons. The molecule has 132 valence electrons. The molecule has 2 rings (SSSR count). The molecule has 2 aromatic carbocycles. The maximum absolute atomic E-state index is 11.9. The Bertz CT molecular complexity index is 776. The number of nitro benzene ring substituents is 1. The molecule has 0 aliphatic rings. The number of hydrogen-bond acceptors (Lipinski definition) is 6. The number of esters is 1. The van der Waals surface area contributed by atoms with Gasteiger partial charge in [0.25, 0.3) is 5.69 Å². The van der Waals surface area contributed by atoms with E-state index in [0.29, 0.717) is 18.8 Å². The molecule has 0 bridgehead atoms. The lowest BCUT2D eigenvalue weighted by atomic mass is 10.1. The summed E-state index contributed by atoms with van der Waals surface area (Å²) in [7, 11) is 3.03. The molecule has 0 unspecified atom stereocenters. The number of rotatable bonds is 7. The maximum atomic E-state index is 11.9. The maximum Gasteiger partial charge on any atom is 0.340 e. The Labute approximate surface area is 145 Å². The number of non-ortho nitro benzene ring substituents is 1. The number of methoxy groups -OCH3 is 1. The molecule has 0 heterocycles. The second-order valence-corrected chi connectivity index (χ2v) is 5.54. The zero-order valence-corrected chi connectivity index (χ0v) is 14.4. The molecule has 2 aromatic rings. The summed E-state index contributed by atoms with van der Waals surface area (Å²) in [6.07, 6.45) is 0. The van der Waals surface area contributed by atoms with Crippen molar-refractivity contribution in [2.24, 2.45) is 0 Å². The van der Waals surface area contributed by atoms with Gasteiger partial charge in [0.05, 0.1) is 29.8 Å². The fraction of sp³-hybridized carbons (Fsp3) is 0.278. The molecule has 0 atom stereocenters. The van der Waals surface area contributed by atoms with Crippen LogP contribution in [0.3, 0.4) is 0 Å². The Kier molecular flexibility index (Phi) is 5.94. The van der Waals surface area contributed by atoms with E-state index in [4.69, 9.17) is 9.47 Å². The van der Waals surface area contributed by atoms with Crippen molar-refractivity contribution in [1.82, 2.24) is 0 Å². The summed E-state index contributed by atoms with van der Waals surface area (Å²) in [6.45, 7) is 2.88. The number of benzene rings is 2. The minimum atomic E-state index is -0.620. The number of aryl methyl sites for hydroxylation is 1. The number of nitro groups is 1. The lowest BCUT2D eigenvalue weighted by Gasteiger charge is -2.21. The lowest BCUT2D eigenvalue weighted by molar-refractivity contribution is -0.384. The monoisotopic (exact) mass is 344 g/mol. The number of ether oxygens (including phenoxy) is 2. The Balaban J connectivity index is 2.10. The summed E-state index contributed by atoms with van der Waals surface area (Å²) in [4.78, 5) is 24.1. The smallest absolute Gasteiger partial charge is 0.340 e. The van der Waals surface area contributed by atoms with Gasteiger partial charge >= 0.3 is 5.97 Å². The van der Waals surface area contributed by atoms with Crippen LogP contribution in [0, 0.1) is 17.0 Å². The highest BCUT2D eigenvalue weighted by Crippen LogP contribution is 2.25. The average Bonchev–Trinajstić information content (AvgIpc) is 2.60. The summed E-state index contributed by atoms with van der Waals surface area (Å²) >= 11 is 0. The van der Waals surface area contributed by atoms with Crippen molar-refractivity contribution in [3.8, 4) is 5.75 Å². The van der Waals surface area contributed by atoms with Crippen molar-refractivity contribution in [2.75, 3.05) is 32.2 Å². The third kappa shape index (κ3) is 4.69. The zero-order valence-electron chi connectivity index (χ0n) is 14.4. The second kappa shape index (κ2) is 8.14. The highest BCUT2D eigenvalue weighted by molar-refractivity contribution is 5.96. The Morgan fingerprint density at radius 1 is 1.24 bits per heavy atom. The van der Waals surface area contributed by atoms with E-state index in [-0.39, 0.29) is 11.3 Å². The third-order valence-corrected chi connectivity index (χ3v) is 3.69. The highest BCUT2D eigenvalue weighted by Gasteiger charge is 2.19. The average molecular weight is 344 g/mol. The van der Waals surface area contributed by atoms with Crippen LogP contribution in [-0.2, 0) is 4.74 Å². The van der Waals surface area contributed by atoms with Crippen LogP contribution in [0.4, 0.5) is 11.4 Å². The summed E-state index contributed by atoms with van der Waals surface area (Å²) in [5, 5.41) is 10.9. The van der Waals surface area contributed by atoms with Crippen molar-refractivity contribution in [3.63, 3.8) is 0 Å². The molecule has 0 aromatic heterocycles. The van der Waals surface area contributed by atoms with E-state index in [2.05, 4.69) is 0 Å². The molecule has 0 N–H and O–H groups in total. The van der Waals surface area contributed by atoms with Gasteiger partial charge in [-0.2, -0.15) is 0 Å². The minimum absolute atomic E-state index is 0.148. The van der Waals surface area contributed by atoms with Gasteiger partial charge in [0.1, 0.15) is 12.4 Å². The van der Waals surface area contributed by atoms with Crippen LogP contribution in [0.5, 0.6) is 5.75 Å². The number of hydrogen-bond donors (Lipinski definition) is 0. The predicted octanol–water partition coefficient (Wildman–Crippen LogP) is 3.21. The first kappa shape index (κ1) is 18.3. The first-order valence-corrected chi connectivity index (χ1v) is 7.69. The van der Waals surface area contributed by atoms with Crippen molar-refractivity contribution < 1.29 is 19.2 Å². The number of carbonyl (C=O) groups is 1. The predicted molar refractivity (Wildman–Crippen MR) is 94.4 cm³/mol. The van der Waals surface area contributed by atoms with Gasteiger partial charge < -0.3 is 14.4 Å². The molecule has 0 aliphatic heterocycles. The van der Waals surface area contributed by atoms with Crippen LogP contribution >= 0.6 is 0 Å². The van der Waals surface area contributed by atoms with Crippen LogP contribution in [-0.4, -0.2) is 38.2 Å². The molecule has 7 heteroatoms. The first-order chi connectivity index (χ1) is 11.9. The topological polar surface area (TPSA) is 81.9 Å². The summed E-state index contributed by atoms with van der Waals surface area (Å²) in [6, 6.07) is 11.8. The van der Waals surface area contributed by atoms with Crippen LogP contribution in [0.1, 0.15) is 15.9 Å². The summed E-state index contributed by atoms with van der Waals surface area (Å²) < 4.78 is 10.4. The van der Waals surface area contributed by atoms with Gasteiger partial charge in [-0.3, -0.25) is 10.1 Å². The van der Waals surface area contributed by atoms with Gasteiger partial charge in [-0.05, 0) is 30.7 Å². The van der Waals surface area contributed by atoms with Gasteiger partial charge in [-0.15, -0.1) is 0 Å². The fourth-order valence-electron chi connectivity index (χ4n) is 2.37. The van der Waals surface area contributed by atoms with Crippen LogP contribution in [0.2, 0.25) is 0 Å². The van der Waals surface area contributed by atoms with Gasteiger partial charge in [-0.1, -0.05) is 12.1 Å². The SMILES string of the molecule is COC(=O)c1cc([N+](=O)[O-])ccc1N(C)CCOc1cccc(C)c1. The Morgan fingerprint density at radius 2 is 2.00 bits per heavy atom. The number of likely N-dealkylation sites (N-methyl/N-ethyl adjacent to an activating group) is 1. The largest absolute Gasteiger partial charge is 0.492 e. The number of carbonyl (C=O) groups excluding carboxylic acids is 1. The van der Waals surface area contributed by atoms with Crippen LogP contribution in [0.25, 0.3) is 0 Å². The lowest BCUT2D eigenvalue weighted by Crippen LogP contribution is -2.25. The van der Waals surface area contributed by atoms with E-state index in [0.717, 1.165) is 11.3 Å². The van der Waals surface area contributed by atoms with E-state index >= 15 is 0 Å². The number of anilines is 1. The van der Waals surface area contributed by atoms with E-state index < -0.39 is 10.9 Å².